The number of hydrogen-bond donors (Lipinski definition) is 2. The first-order chi connectivity index (χ1) is 15.7. The van der Waals surface area contributed by atoms with Crippen LogP contribution in [0.3, 0.4) is 0 Å². The van der Waals surface area contributed by atoms with E-state index in [2.05, 4.69) is 21.1 Å². The van der Waals surface area contributed by atoms with Crippen molar-refractivity contribution < 1.29 is 18.3 Å². The summed E-state index contributed by atoms with van der Waals surface area (Å²) >= 11 is 0. The van der Waals surface area contributed by atoms with Gasteiger partial charge >= 0.3 is 6.61 Å². The van der Waals surface area contributed by atoms with Crippen LogP contribution in [0.15, 0.2) is 30.5 Å². The van der Waals surface area contributed by atoms with Gasteiger partial charge in [-0.3, -0.25) is 4.79 Å². The average molecular weight is 490 g/mol. The largest absolute Gasteiger partial charge is 0.435 e. The minimum atomic E-state index is -2.98. The Morgan fingerprint density at radius 3 is 2.74 bits per heavy atom. The van der Waals surface area contributed by atoms with E-state index in [1.54, 1.807) is 12.1 Å². The van der Waals surface area contributed by atoms with Crippen LogP contribution in [-0.4, -0.2) is 42.2 Å². The molecule has 182 valence electrons. The van der Waals surface area contributed by atoms with Crippen LogP contribution in [0, 0.1) is 17.2 Å². The van der Waals surface area contributed by atoms with E-state index in [1.807, 2.05) is 18.7 Å². The van der Waals surface area contributed by atoms with E-state index in [0.717, 1.165) is 12.8 Å². The maximum absolute atomic E-state index is 13.3. The molecule has 1 saturated carbocycles. The van der Waals surface area contributed by atoms with Crippen LogP contribution >= 0.6 is 13.5 Å². The van der Waals surface area contributed by atoms with Crippen molar-refractivity contribution in [1.29, 1.82) is 5.26 Å². The number of amides is 1. The summed E-state index contributed by atoms with van der Waals surface area (Å²) in [6, 6.07) is 8.20. The van der Waals surface area contributed by atoms with Crippen molar-refractivity contribution in [2.24, 2.45) is 11.7 Å². The van der Waals surface area contributed by atoms with Gasteiger partial charge in [-0.05, 0) is 56.7 Å². The van der Waals surface area contributed by atoms with E-state index in [-0.39, 0.29) is 36.9 Å². The van der Waals surface area contributed by atoms with Crippen molar-refractivity contribution >= 4 is 25.1 Å². The Morgan fingerprint density at radius 1 is 1.41 bits per heavy atom. The highest BCUT2D eigenvalue weighted by atomic mass is 32.1. The quantitative estimate of drug-likeness (QED) is 0.613. The Labute approximate surface area is 204 Å². The van der Waals surface area contributed by atoms with E-state index >= 15 is 0 Å². The second kappa shape index (κ2) is 10.2. The molecule has 3 N–H and O–H groups in total. The molecule has 2 atom stereocenters. The SMILES string of the molecule is C[C@H](NC(=O)c1cnc(C#N)c(-c2cccc(OC(F)F)c2)c1N1CC[C@](C)(N)C1)C1CC1.S. The molecule has 4 rings (SSSR count). The fraction of sp³-hybridized carbons (Fsp3) is 0.458. The summed E-state index contributed by atoms with van der Waals surface area (Å²) in [5.41, 5.74) is 7.72. The Hall–Kier alpha value is -2.90. The Morgan fingerprint density at radius 2 is 2.15 bits per heavy atom. The molecule has 0 bridgehead atoms. The number of hydrogen-bond acceptors (Lipinski definition) is 6. The first-order valence-electron chi connectivity index (χ1n) is 11.0. The van der Waals surface area contributed by atoms with Crippen LogP contribution in [-0.2, 0) is 0 Å². The molecular weight excluding hydrogens is 460 g/mol. The summed E-state index contributed by atoms with van der Waals surface area (Å²) < 4.78 is 30.2. The Bertz CT molecular complexity index is 1100. The van der Waals surface area contributed by atoms with E-state index < -0.39 is 12.2 Å². The summed E-state index contributed by atoms with van der Waals surface area (Å²) in [6.45, 7) is 1.99. The predicted octanol–water partition coefficient (Wildman–Crippen LogP) is 3.79. The van der Waals surface area contributed by atoms with Gasteiger partial charge in [0.15, 0.2) is 0 Å². The molecule has 0 spiro atoms. The molecular formula is C24H29F2N5O2S. The molecule has 1 aliphatic carbocycles. The van der Waals surface area contributed by atoms with Crippen molar-refractivity contribution in [3.63, 3.8) is 0 Å². The van der Waals surface area contributed by atoms with E-state index in [9.17, 15) is 18.8 Å². The number of nitrogens with one attached hydrogen (secondary N) is 1. The van der Waals surface area contributed by atoms with Gasteiger partial charge in [-0.25, -0.2) is 4.98 Å². The zero-order valence-corrected chi connectivity index (χ0v) is 20.1. The van der Waals surface area contributed by atoms with Crippen LogP contribution in [0.4, 0.5) is 14.5 Å². The maximum atomic E-state index is 13.3. The summed E-state index contributed by atoms with van der Waals surface area (Å²) in [6.07, 6.45) is 4.28. The number of nitrogens with two attached hydrogens (primary N) is 1. The molecule has 10 heteroatoms. The lowest BCUT2D eigenvalue weighted by Gasteiger charge is -2.27. The van der Waals surface area contributed by atoms with Gasteiger partial charge in [0, 0.05) is 36.4 Å². The van der Waals surface area contributed by atoms with E-state index in [1.165, 1.54) is 18.3 Å². The number of anilines is 1. The second-order valence-electron chi connectivity index (χ2n) is 9.19. The average Bonchev–Trinajstić information content (AvgIpc) is 3.55. The van der Waals surface area contributed by atoms with Crippen molar-refractivity contribution in [3.05, 3.63) is 41.7 Å². The number of pyridine rings is 1. The molecule has 2 aromatic rings. The van der Waals surface area contributed by atoms with Gasteiger partial charge < -0.3 is 20.7 Å². The molecule has 0 radical (unpaired) electrons. The molecule has 34 heavy (non-hydrogen) atoms. The third kappa shape index (κ3) is 5.59. The first-order valence-corrected chi connectivity index (χ1v) is 11.0. The number of alkyl halides is 2. The highest BCUT2D eigenvalue weighted by Crippen LogP contribution is 2.40. The van der Waals surface area contributed by atoms with Gasteiger partial charge in [0.25, 0.3) is 5.91 Å². The second-order valence-corrected chi connectivity index (χ2v) is 9.19. The molecule has 1 aliphatic heterocycles. The molecule has 2 aliphatic rings. The third-order valence-corrected chi connectivity index (χ3v) is 6.26. The number of nitriles is 1. The maximum Gasteiger partial charge on any atom is 0.387 e. The van der Waals surface area contributed by atoms with Crippen LogP contribution in [0.1, 0.15) is 49.2 Å². The minimum Gasteiger partial charge on any atom is -0.435 e. The third-order valence-electron chi connectivity index (χ3n) is 6.26. The number of carbonyl (C=O) groups is 1. The monoisotopic (exact) mass is 489 g/mol. The predicted molar refractivity (Wildman–Crippen MR) is 130 cm³/mol. The molecule has 2 fully saturated rings. The first kappa shape index (κ1) is 25.7. The number of nitrogens with zero attached hydrogens (tertiary/aromatic N) is 3. The molecule has 1 aromatic carbocycles. The van der Waals surface area contributed by atoms with Gasteiger partial charge in [-0.15, -0.1) is 0 Å². The standard InChI is InChI=1S/C24H27F2N5O2.H2S/c1-14(15-6-7-15)30-22(32)18-12-29-19(11-27)20(21(18)31-9-8-24(2,28)13-31)16-4-3-5-17(10-16)33-23(25)26;/h3-5,10,12,14-15,23H,6-9,13,28H2,1-2H3,(H,30,32);1H2/t14-,24-;/m0./s1. The number of benzene rings is 1. The molecule has 0 unspecified atom stereocenters. The van der Waals surface area contributed by atoms with E-state index in [4.69, 9.17) is 5.73 Å². The minimum absolute atomic E-state index is 0. The number of carbonyl (C=O) groups excluding carboxylic acids is 1. The summed E-state index contributed by atoms with van der Waals surface area (Å²) in [7, 11) is 0. The fourth-order valence-electron chi connectivity index (χ4n) is 4.36. The van der Waals surface area contributed by atoms with Crippen LogP contribution in [0.2, 0.25) is 0 Å². The van der Waals surface area contributed by atoms with Gasteiger partial charge in [0.2, 0.25) is 0 Å². The smallest absolute Gasteiger partial charge is 0.387 e. The lowest BCUT2D eigenvalue weighted by Crippen LogP contribution is -2.40. The van der Waals surface area contributed by atoms with Gasteiger partial charge in [0.05, 0.1) is 11.3 Å². The highest BCUT2D eigenvalue weighted by molar-refractivity contribution is 7.59. The molecule has 7 nitrogen and oxygen atoms in total. The Balaban J connectivity index is 0.00000324. The lowest BCUT2D eigenvalue weighted by atomic mass is 9.97. The number of ether oxygens (including phenoxy) is 1. The van der Waals surface area contributed by atoms with Crippen molar-refractivity contribution in [1.82, 2.24) is 10.3 Å². The highest BCUT2D eigenvalue weighted by Gasteiger charge is 2.36. The van der Waals surface area contributed by atoms with Crippen LogP contribution in [0.5, 0.6) is 5.75 Å². The number of rotatable bonds is 7. The molecule has 1 amide bonds. The summed E-state index contributed by atoms with van der Waals surface area (Å²) in [5, 5.41) is 12.9. The van der Waals surface area contributed by atoms with Crippen LogP contribution < -0.4 is 20.7 Å². The van der Waals surface area contributed by atoms with Gasteiger partial charge in [-0.2, -0.15) is 27.5 Å². The topological polar surface area (TPSA) is 104 Å². The molecule has 1 saturated heterocycles. The van der Waals surface area contributed by atoms with Crippen molar-refractivity contribution in [2.75, 3.05) is 18.0 Å². The normalized spacial score (nSPS) is 20.4. The zero-order chi connectivity index (χ0) is 23.8. The van der Waals surface area contributed by atoms with E-state index in [0.29, 0.717) is 47.8 Å². The molecule has 1 aromatic heterocycles. The van der Waals surface area contributed by atoms with Gasteiger partial charge in [-0.1, -0.05) is 12.1 Å². The lowest BCUT2D eigenvalue weighted by molar-refractivity contribution is -0.0498. The van der Waals surface area contributed by atoms with Crippen LogP contribution in [0.25, 0.3) is 11.1 Å². The number of halogens is 2. The summed E-state index contributed by atoms with van der Waals surface area (Å²) in [5.74, 6) is 0.137. The molecule has 2 heterocycles. The number of aromatic nitrogens is 1. The zero-order valence-electron chi connectivity index (χ0n) is 19.1. The van der Waals surface area contributed by atoms with Crippen molar-refractivity contribution in [2.45, 2.75) is 51.3 Å². The fourth-order valence-corrected chi connectivity index (χ4v) is 4.36. The Kier molecular flexibility index (Phi) is 7.68. The summed E-state index contributed by atoms with van der Waals surface area (Å²) in [4.78, 5) is 19.5. The van der Waals surface area contributed by atoms with Gasteiger partial charge in [0.1, 0.15) is 17.5 Å². The van der Waals surface area contributed by atoms with Crippen molar-refractivity contribution in [3.8, 4) is 22.9 Å².